The van der Waals surface area contributed by atoms with E-state index < -0.39 is 12.1 Å². The zero-order valence-corrected chi connectivity index (χ0v) is 14.5. The largest absolute Gasteiger partial charge is 0.490 e. The number of aromatic nitrogens is 1. The van der Waals surface area contributed by atoms with E-state index in [4.69, 9.17) is 10.5 Å². The van der Waals surface area contributed by atoms with Crippen molar-refractivity contribution in [1.29, 1.82) is 0 Å². The average Bonchev–Trinajstić information content (AvgIpc) is 3.21. The molecule has 1 saturated heterocycles. The van der Waals surface area contributed by atoms with E-state index in [0.29, 0.717) is 25.8 Å². The summed E-state index contributed by atoms with van der Waals surface area (Å²) in [4.78, 5) is 17.8. The van der Waals surface area contributed by atoms with Gasteiger partial charge in [0.25, 0.3) is 5.91 Å². The van der Waals surface area contributed by atoms with Gasteiger partial charge in [0.15, 0.2) is 0 Å². The maximum absolute atomic E-state index is 10.2. The maximum Gasteiger partial charge on any atom is 0.262 e. The number of carbonyl (C=O) groups is 1. The highest BCUT2D eigenvalue weighted by Crippen LogP contribution is 2.24. The molecule has 2 heterocycles. The minimum Gasteiger partial charge on any atom is -0.490 e. The molecule has 2 aromatic rings. The van der Waals surface area contributed by atoms with Gasteiger partial charge in [0.2, 0.25) is 0 Å². The van der Waals surface area contributed by atoms with E-state index >= 15 is 0 Å². The van der Waals surface area contributed by atoms with Crippen molar-refractivity contribution in [2.24, 2.45) is 5.73 Å². The fourth-order valence-corrected chi connectivity index (χ4v) is 2.15. The van der Waals surface area contributed by atoms with Gasteiger partial charge in [0.05, 0.1) is 6.61 Å². The first-order valence-corrected chi connectivity index (χ1v) is 8.25. The lowest BCUT2D eigenvalue weighted by Crippen LogP contribution is -2.35. The zero-order valence-electron chi connectivity index (χ0n) is 14.5. The first kappa shape index (κ1) is 19.2. The van der Waals surface area contributed by atoms with Gasteiger partial charge in [-0.25, -0.2) is 5.48 Å². The van der Waals surface area contributed by atoms with Crippen LogP contribution in [-0.4, -0.2) is 53.9 Å². The average molecular weight is 350 g/mol. The molecule has 1 aliphatic heterocycles. The van der Waals surface area contributed by atoms with Crippen molar-refractivity contribution in [3.05, 3.63) is 30.5 Å². The number of nitrogens with one attached hydrogen (secondary N) is 3. The molecule has 1 amide bonds. The summed E-state index contributed by atoms with van der Waals surface area (Å²) >= 11 is 0. The Hall–Kier alpha value is -2.13. The van der Waals surface area contributed by atoms with Gasteiger partial charge in [-0.05, 0) is 18.2 Å². The second kappa shape index (κ2) is 9.38. The van der Waals surface area contributed by atoms with Crippen LogP contribution in [-0.2, 0) is 9.63 Å². The lowest BCUT2D eigenvalue weighted by Gasteiger charge is -2.15. The van der Waals surface area contributed by atoms with Crippen molar-refractivity contribution >= 4 is 16.8 Å². The van der Waals surface area contributed by atoms with Gasteiger partial charge in [0.1, 0.15) is 24.5 Å². The molecule has 0 radical (unpaired) electrons. The van der Waals surface area contributed by atoms with Crippen LogP contribution in [0.3, 0.4) is 0 Å². The normalized spacial score (nSPS) is 18.0. The molecule has 3 rings (SSSR count). The highest BCUT2D eigenvalue weighted by atomic mass is 16.7. The smallest absolute Gasteiger partial charge is 0.262 e. The van der Waals surface area contributed by atoms with E-state index in [0.717, 1.165) is 16.7 Å². The number of hydrogen-bond donors (Lipinski definition) is 5. The number of aromatic amines is 1. The van der Waals surface area contributed by atoms with Gasteiger partial charge >= 0.3 is 0 Å². The monoisotopic (exact) mass is 350 g/mol. The van der Waals surface area contributed by atoms with Gasteiger partial charge in [0, 0.05) is 29.7 Å². The molecule has 0 saturated carbocycles. The molecule has 2 atom stereocenters. The Morgan fingerprint density at radius 2 is 2.24 bits per heavy atom. The van der Waals surface area contributed by atoms with E-state index in [1.54, 1.807) is 0 Å². The lowest BCUT2D eigenvalue weighted by atomic mass is 10.2. The molecule has 138 valence electrons. The predicted molar refractivity (Wildman–Crippen MR) is 95.0 cm³/mol. The molecule has 0 unspecified atom stereocenters. The molecular formula is C17H26N4O4. The Kier molecular flexibility index (Phi) is 7.20. The first-order chi connectivity index (χ1) is 12.0. The highest BCUT2D eigenvalue weighted by molar-refractivity contribution is 5.85. The van der Waals surface area contributed by atoms with Crippen LogP contribution in [0.1, 0.15) is 13.8 Å². The highest BCUT2D eigenvalue weighted by Gasteiger charge is 2.19. The molecule has 0 spiro atoms. The lowest BCUT2D eigenvalue weighted by molar-refractivity contribution is -0.124. The minimum absolute atomic E-state index is 0.236. The molecule has 0 bridgehead atoms. The van der Waals surface area contributed by atoms with Gasteiger partial charge < -0.3 is 25.9 Å². The molecule has 25 heavy (non-hydrogen) atoms. The number of hydrogen-bond acceptors (Lipinski definition) is 6. The molecule has 1 aliphatic rings. The third-order valence-electron chi connectivity index (χ3n) is 3.52. The van der Waals surface area contributed by atoms with Gasteiger partial charge in [-0.2, -0.15) is 0 Å². The zero-order chi connectivity index (χ0) is 18.2. The van der Waals surface area contributed by atoms with E-state index in [1.165, 1.54) is 0 Å². The molecule has 6 N–H and O–H groups in total. The van der Waals surface area contributed by atoms with Crippen LogP contribution in [0.2, 0.25) is 0 Å². The standard InChI is InChI=1S/C14H20N2O2.C3H6N2O2/c1-10(2)16-8-11(17)9-18-14-5-3-4-13-12(14)6-7-15-13;4-2-1-7-5-3(2)6/h3-7,10-11,15-17H,8-9H2,1-2H3;2H,1,4H2,(H,5,6)/t11-;2-/m01/s1. The van der Waals surface area contributed by atoms with E-state index in [9.17, 15) is 9.90 Å². The Morgan fingerprint density at radius 1 is 1.44 bits per heavy atom. The molecular weight excluding hydrogens is 324 g/mol. The van der Waals surface area contributed by atoms with Crippen LogP contribution in [0.15, 0.2) is 30.5 Å². The Balaban J connectivity index is 0.000000269. The van der Waals surface area contributed by atoms with Crippen LogP contribution in [0.25, 0.3) is 10.9 Å². The summed E-state index contributed by atoms with van der Waals surface area (Å²) in [5, 5.41) is 14.0. The van der Waals surface area contributed by atoms with Crippen molar-refractivity contribution < 1.29 is 19.5 Å². The van der Waals surface area contributed by atoms with Crippen LogP contribution >= 0.6 is 0 Å². The van der Waals surface area contributed by atoms with Crippen LogP contribution in [0, 0.1) is 0 Å². The molecule has 1 aromatic heterocycles. The van der Waals surface area contributed by atoms with Crippen molar-refractivity contribution in [2.75, 3.05) is 19.8 Å². The molecule has 8 heteroatoms. The maximum atomic E-state index is 10.2. The quantitative estimate of drug-likeness (QED) is 0.510. The second-order valence-corrected chi connectivity index (χ2v) is 6.11. The number of H-pyrrole nitrogens is 1. The second-order valence-electron chi connectivity index (χ2n) is 6.11. The summed E-state index contributed by atoms with van der Waals surface area (Å²) in [7, 11) is 0. The van der Waals surface area contributed by atoms with E-state index in [-0.39, 0.29) is 5.91 Å². The Morgan fingerprint density at radius 3 is 2.84 bits per heavy atom. The number of amides is 1. The summed E-state index contributed by atoms with van der Waals surface area (Å²) in [6, 6.07) is 7.74. The summed E-state index contributed by atoms with van der Waals surface area (Å²) in [5.41, 5.74) is 8.29. The number of rotatable bonds is 6. The van der Waals surface area contributed by atoms with Crippen LogP contribution in [0.5, 0.6) is 5.75 Å². The number of benzene rings is 1. The number of hydroxylamine groups is 1. The van der Waals surface area contributed by atoms with Gasteiger partial charge in [-0.3, -0.25) is 9.63 Å². The van der Waals surface area contributed by atoms with Gasteiger partial charge in [-0.1, -0.05) is 19.9 Å². The number of carbonyl (C=O) groups excluding carboxylic acids is 1. The van der Waals surface area contributed by atoms with Crippen LogP contribution < -0.4 is 21.3 Å². The summed E-state index contributed by atoms with van der Waals surface area (Å²) in [6.45, 7) is 5.23. The third-order valence-corrected chi connectivity index (χ3v) is 3.52. The van der Waals surface area contributed by atoms with E-state index in [1.807, 2.05) is 44.3 Å². The minimum atomic E-state index is -0.499. The van der Waals surface area contributed by atoms with Crippen molar-refractivity contribution in [2.45, 2.75) is 32.0 Å². The molecule has 0 aliphatic carbocycles. The topological polar surface area (TPSA) is 122 Å². The fraction of sp³-hybridized carbons (Fsp3) is 0.471. The van der Waals surface area contributed by atoms with Crippen LogP contribution in [0.4, 0.5) is 0 Å². The summed E-state index contributed by atoms with van der Waals surface area (Å²) < 4.78 is 5.66. The third kappa shape index (κ3) is 6.02. The van der Waals surface area contributed by atoms with Gasteiger partial charge in [-0.15, -0.1) is 0 Å². The Labute approximate surface area is 146 Å². The number of nitrogens with two attached hydrogens (primary N) is 1. The van der Waals surface area contributed by atoms with Crippen molar-refractivity contribution in [1.82, 2.24) is 15.8 Å². The summed E-state index contributed by atoms with van der Waals surface area (Å²) in [5.74, 6) is 0.567. The number of fused-ring (bicyclic) bond motifs is 1. The Bertz CT molecular complexity index is 673. The summed E-state index contributed by atoms with van der Waals surface area (Å²) in [6.07, 6.45) is 1.38. The predicted octanol–water partition coefficient (Wildman–Crippen LogP) is 0.281. The van der Waals surface area contributed by atoms with Crippen molar-refractivity contribution in [3.8, 4) is 5.75 Å². The molecule has 1 fully saturated rings. The number of ether oxygens (including phenoxy) is 1. The molecule has 8 nitrogen and oxygen atoms in total. The molecule has 1 aromatic carbocycles. The number of aliphatic hydroxyl groups excluding tert-OH is 1. The number of aliphatic hydroxyl groups is 1. The fourth-order valence-electron chi connectivity index (χ4n) is 2.15. The van der Waals surface area contributed by atoms with E-state index in [2.05, 4.69) is 20.6 Å². The van der Waals surface area contributed by atoms with Crippen molar-refractivity contribution in [3.63, 3.8) is 0 Å². The SMILES string of the molecule is CC(C)NC[C@H](O)COc1cccc2[nH]ccc12.N[C@@H]1CONC1=O. The first-order valence-electron chi connectivity index (χ1n) is 8.25.